The summed E-state index contributed by atoms with van der Waals surface area (Å²) >= 11 is 1.43. The second-order valence-corrected chi connectivity index (χ2v) is 7.47. The fraction of sp³-hybridized carbons (Fsp3) is 0.500. The minimum absolute atomic E-state index is 0.342. The van der Waals surface area contributed by atoms with Gasteiger partial charge in [-0.25, -0.2) is 8.42 Å². The Morgan fingerprint density at radius 3 is 2.82 bits per heavy atom. The summed E-state index contributed by atoms with van der Waals surface area (Å²) in [4.78, 5) is 11.8. The highest BCUT2D eigenvalue weighted by atomic mass is 32.2. The molecule has 0 aromatic carbocycles. The normalized spacial score (nSPS) is 32.2. The molecule has 2 heterocycles. The van der Waals surface area contributed by atoms with Crippen LogP contribution < -0.4 is 5.32 Å². The van der Waals surface area contributed by atoms with E-state index in [4.69, 9.17) is 5.11 Å². The standard InChI is InChI=1S/C10H13NO4S2/c1-6-9(8-3-2-4-16-8)11-7(10(12)13)5-17(6,14)15/h2-4,6-7,9,11H,5H2,1H3,(H,12,13). The van der Waals surface area contributed by atoms with Gasteiger partial charge in [-0.3, -0.25) is 10.1 Å². The molecule has 17 heavy (non-hydrogen) atoms. The van der Waals surface area contributed by atoms with Crippen LogP contribution in [0.3, 0.4) is 0 Å². The third-order valence-corrected chi connectivity index (χ3v) is 6.12. The van der Waals surface area contributed by atoms with Crippen LogP contribution in [0.1, 0.15) is 17.8 Å². The first kappa shape index (κ1) is 12.5. The zero-order valence-corrected chi connectivity index (χ0v) is 10.8. The number of rotatable bonds is 2. The Labute approximate surface area is 103 Å². The molecule has 1 aliphatic heterocycles. The van der Waals surface area contributed by atoms with Gasteiger partial charge in [0.05, 0.1) is 17.0 Å². The lowest BCUT2D eigenvalue weighted by Gasteiger charge is -2.33. The molecular weight excluding hydrogens is 262 g/mol. The van der Waals surface area contributed by atoms with E-state index in [1.165, 1.54) is 11.3 Å². The molecule has 94 valence electrons. The Kier molecular flexibility index (Phi) is 3.24. The molecule has 0 bridgehead atoms. The van der Waals surface area contributed by atoms with Crippen LogP contribution in [0.4, 0.5) is 0 Å². The number of sulfone groups is 1. The molecule has 0 radical (unpaired) electrons. The van der Waals surface area contributed by atoms with Gasteiger partial charge in [-0.15, -0.1) is 11.3 Å². The van der Waals surface area contributed by atoms with Crippen molar-refractivity contribution >= 4 is 27.1 Å². The maximum absolute atomic E-state index is 11.9. The average Bonchev–Trinajstić information content (AvgIpc) is 2.74. The van der Waals surface area contributed by atoms with Crippen molar-refractivity contribution < 1.29 is 18.3 Å². The van der Waals surface area contributed by atoms with Crippen molar-refractivity contribution in [3.8, 4) is 0 Å². The first-order valence-corrected chi connectivity index (χ1v) is 7.75. The minimum atomic E-state index is -3.37. The van der Waals surface area contributed by atoms with E-state index >= 15 is 0 Å². The van der Waals surface area contributed by atoms with Gasteiger partial charge in [0.15, 0.2) is 9.84 Å². The quantitative estimate of drug-likeness (QED) is 0.828. The van der Waals surface area contributed by atoms with Crippen molar-refractivity contribution in [3.05, 3.63) is 22.4 Å². The van der Waals surface area contributed by atoms with Gasteiger partial charge in [0.2, 0.25) is 0 Å². The zero-order valence-electron chi connectivity index (χ0n) is 9.16. The number of carboxylic acid groups (broad SMARTS) is 1. The third kappa shape index (κ3) is 2.36. The predicted molar refractivity (Wildman–Crippen MR) is 64.9 cm³/mol. The Morgan fingerprint density at radius 1 is 1.59 bits per heavy atom. The van der Waals surface area contributed by atoms with Gasteiger partial charge in [0, 0.05) is 4.88 Å². The van der Waals surface area contributed by atoms with E-state index in [1.807, 2.05) is 17.5 Å². The first-order valence-electron chi connectivity index (χ1n) is 5.15. The van der Waals surface area contributed by atoms with Gasteiger partial charge in [-0.2, -0.15) is 0 Å². The summed E-state index contributed by atoms with van der Waals surface area (Å²) in [7, 11) is -3.37. The van der Waals surface area contributed by atoms with Gasteiger partial charge in [0.1, 0.15) is 6.04 Å². The van der Waals surface area contributed by atoms with Crippen molar-refractivity contribution in [3.63, 3.8) is 0 Å². The molecule has 5 nitrogen and oxygen atoms in total. The first-order chi connectivity index (χ1) is 7.92. The highest BCUT2D eigenvalue weighted by Crippen LogP contribution is 2.30. The monoisotopic (exact) mass is 275 g/mol. The Morgan fingerprint density at radius 2 is 2.29 bits per heavy atom. The minimum Gasteiger partial charge on any atom is -0.480 e. The molecule has 0 spiro atoms. The molecule has 0 amide bonds. The van der Waals surface area contributed by atoms with Gasteiger partial charge < -0.3 is 5.11 Å². The maximum atomic E-state index is 11.9. The van der Waals surface area contributed by atoms with Gasteiger partial charge in [-0.05, 0) is 18.4 Å². The van der Waals surface area contributed by atoms with Crippen molar-refractivity contribution in [2.45, 2.75) is 24.3 Å². The fourth-order valence-electron chi connectivity index (χ4n) is 1.92. The average molecular weight is 275 g/mol. The molecule has 2 N–H and O–H groups in total. The summed E-state index contributed by atoms with van der Waals surface area (Å²) in [5, 5.41) is 13.1. The molecule has 1 aromatic rings. The molecule has 3 unspecified atom stereocenters. The number of carbonyl (C=O) groups is 1. The summed E-state index contributed by atoms with van der Waals surface area (Å²) in [6.45, 7) is 1.62. The van der Waals surface area contributed by atoms with Gasteiger partial charge in [0.25, 0.3) is 0 Å². The molecule has 0 saturated carbocycles. The highest BCUT2D eigenvalue weighted by Gasteiger charge is 2.41. The molecule has 1 fully saturated rings. The summed E-state index contributed by atoms with van der Waals surface area (Å²) < 4.78 is 23.8. The largest absolute Gasteiger partial charge is 0.480 e. The molecule has 1 saturated heterocycles. The Hall–Kier alpha value is -0.920. The van der Waals surface area contributed by atoms with E-state index < -0.39 is 33.1 Å². The number of carboxylic acids is 1. The van der Waals surface area contributed by atoms with Crippen LogP contribution in [0, 0.1) is 0 Å². The van der Waals surface area contributed by atoms with Gasteiger partial charge in [-0.1, -0.05) is 6.07 Å². The van der Waals surface area contributed by atoms with Crippen LogP contribution in [0.15, 0.2) is 17.5 Å². The van der Waals surface area contributed by atoms with E-state index in [0.29, 0.717) is 0 Å². The lowest BCUT2D eigenvalue weighted by Crippen LogP contribution is -2.54. The van der Waals surface area contributed by atoms with Gasteiger partial charge >= 0.3 is 5.97 Å². The fourth-order valence-corrected chi connectivity index (χ4v) is 4.54. The molecule has 2 rings (SSSR count). The van der Waals surface area contributed by atoms with E-state index in [-0.39, 0.29) is 5.75 Å². The molecule has 7 heteroatoms. The Balaban J connectivity index is 2.35. The second kappa shape index (κ2) is 4.40. The number of nitrogens with one attached hydrogen (secondary N) is 1. The van der Waals surface area contributed by atoms with Crippen LogP contribution >= 0.6 is 11.3 Å². The molecule has 3 atom stereocenters. The highest BCUT2D eigenvalue weighted by molar-refractivity contribution is 7.92. The molecule has 1 aliphatic rings. The molecule has 0 aliphatic carbocycles. The van der Waals surface area contributed by atoms with E-state index in [1.54, 1.807) is 6.92 Å². The van der Waals surface area contributed by atoms with Crippen LogP contribution in [-0.2, 0) is 14.6 Å². The summed E-state index contributed by atoms with van der Waals surface area (Å²) in [5.41, 5.74) is 0. The Bertz CT molecular complexity index is 508. The van der Waals surface area contributed by atoms with Crippen LogP contribution in [0.2, 0.25) is 0 Å². The van der Waals surface area contributed by atoms with Crippen molar-refractivity contribution in [1.29, 1.82) is 0 Å². The number of aliphatic carboxylic acids is 1. The predicted octanol–water partition coefficient (Wildman–Crippen LogP) is 0.649. The lowest BCUT2D eigenvalue weighted by atomic mass is 10.1. The van der Waals surface area contributed by atoms with Crippen LogP contribution in [0.5, 0.6) is 0 Å². The number of hydrogen-bond donors (Lipinski definition) is 2. The topological polar surface area (TPSA) is 83.5 Å². The smallest absolute Gasteiger partial charge is 0.321 e. The second-order valence-electron chi connectivity index (χ2n) is 4.09. The third-order valence-electron chi connectivity index (χ3n) is 2.96. The lowest BCUT2D eigenvalue weighted by molar-refractivity contribution is -0.139. The zero-order chi connectivity index (χ0) is 12.6. The molecular formula is C10H13NO4S2. The van der Waals surface area contributed by atoms with Crippen molar-refractivity contribution in [1.82, 2.24) is 5.32 Å². The SMILES string of the molecule is CC1C(c2cccs2)NC(C(=O)O)CS1(=O)=O. The van der Waals surface area contributed by atoms with E-state index in [0.717, 1.165) is 4.88 Å². The van der Waals surface area contributed by atoms with Crippen LogP contribution in [-0.4, -0.2) is 36.5 Å². The molecule has 1 aromatic heterocycles. The van der Waals surface area contributed by atoms with Crippen molar-refractivity contribution in [2.24, 2.45) is 0 Å². The van der Waals surface area contributed by atoms with Crippen LogP contribution in [0.25, 0.3) is 0 Å². The number of thiophene rings is 1. The summed E-state index contributed by atoms with van der Waals surface area (Å²) in [5.74, 6) is -1.47. The van der Waals surface area contributed by atoms with E-state index in [9.17, 15) is 13.2 Å². The summed E-state index contributed by atoms with van der Waals surface area (Å²) in [6.07, 6.45) is 0. The van der Waals surface area contributed by atoms with E-state index in [2.05, 4.69) is 5.32 Å². The number of hydrogen-bond acceptors (Lipinski definition) is 5. The summed E-state index contributed by atoms with van der Waals surface area (Å²) in [6, 6.07) is 2.18. The van der Waals surface area contributed by atoms with Crippen molar-refractivity contribution in [2.75, 3.05) is 5.75 Å². The maximum Gasteiger partial charge on any atom is 0.321 e.